The molecule has 0 bridgehead atoms. The molecule has 0 amide bonds. The van der Waals surface area contributed by atoms with Gasteiger partial charge in [-0.1, -0.05) is 0 Å². The molecule has 0 saturated carbocycles. The van der Waals surface area contributed by atoms with E-state index in [9.17, 15) is 4.39 Å². The largest absolute Gasteiger partial charge is 0.496 e. The van der Waals surface area contributed by atoms with Crippen molar-refractivity contribution in [2.24, 2.45) is 5.90 Å². The van der Waals surface area contributed by atoms with Crippen molar-refractivity contribution in [3.63, 3.8) is 0 Å². The van der Waals surface area contributed by atoms with Crippen LogP contribution in [-0.2, 0) is 11.3 Å². The first-order valence-electron chi connectivity index (χ1n) is 4.33. The quantitative estimate of drug-likeness (QED) is 0.749. The Morgan fingerprint density at radius 3 is 2.71 bits per heavy atom. The first kappa shape index (κ1) is 10.9. The minimum Gasteiger partial charge on any atom is -0.496 e. The highest BCUT2D eigenvalue weighted by Crippen LogP contribution is 2.24. The van der Waals surface area contributed by atoms with Crippen LogP contribution in [0.2, 0.25) is 0 Å². The van der Waals surface area contributed by atoms with E-state index in [-0.39, 0.29) is 5.82 Å². The van der Waals surface area contributed by atoms with E-state index in [1.54, 1.807) is 14.0 Å². The predicted molar refractivity (Wildman–Crippen MR) is 51.5 cm³/mol. The van der Waals surface area contributed by atoms with Crippen molar-refractivity contribution < 1.29 is 14.0 Å². The molecule has 1 rings (SSSR count). The standard InChI is InChI=1S/C10H14FNO2/c1-7-5-9(11)6-8(3-4-14-12)10(7)13-2/h5-6H,3-4,12H2,1-2H3. The zero-order chi connectivity index (χ0) is 10.6. The molecule has 0 aliphatic carbocycles. The summed E-state index contributed by atoms with van der Waals surface area (Å²) in [7, 11) is 1.56. The highest BCUT2D eigenvalue weighted by Gasteiger charge is 2.08. The smallest absolute Gasteiger partial charge is 0.125 e. The molecule has 14 heavy (non-hydrogen) atoms. The van der Waals surface area contributed by atoms with Crippen molar-refractivity contribution in [1.29, 1.82) is 0 Å². The Morgan fingerprint density at radius 1 is 1.43 bits per heavy atom. The Labute approximate surface area is 82.6 Å². The SMILES string of the molecule is COc1c(C)cc(F)cc1CCON. The van der Waals surface area contributed by atoms with Crippen LogP contribution in [0.4, 0.5) is 4.39 Å². The van der Waals surface area contributed by atoms with Crippen LogP contribution in [0.5, 0.6) is 5.75 Å². The second-order valence-corrected chi connectivity index (χ2v) is 3.04. The van der Waals surface area contributed by atoms with E-state index in [0.717, 1.165) is 11.1 Å². The molecular weight excluding hydrogens is 185 g/mol. The molecule has 78 valence electrons. The van der Waals surface area contributed by atoms with Crippen molar-refractivity contribution in [3.05, 3.63) is 29.1 Å². The first-order valence-corrected chi connectivity index (χ1v) is 4.33. The van der Waals surface area contributed by atoms with E-state index in [1.165, 1.54) is 12.1 Å². The van der Waals surface area contributed by atoms with Gasteiger partial charge in [-0.05, 0) is 30.2 Å². The molecule has 0 aliphatic rings. The van der Waals surface area contributed by atoms with E-state index in [2.05, 4.69) is 4.84 Å². The third kappa shape index (κ3) is 2.43. The van der Waals surface area contributed by atoms with E-state index in [4.69, 9.17) is 10.6 Å². The van der Waals surface area contributed by atoms with Gasteiger partial charge in [-0.3, -0.25) is 0 Å². The molecule has 0 atom stereocenters. The summed E-state index contributed by atoms with van der Waals surface area (Å²) < 4.78 is 18.2. The monoisotopic (exact) mass is 199 g/mol. The molecule has 1 aromatic carbocycles. The summed E-state index contributed by atoms with van der Waals surface area (Å²) in [5.41, 5.74) is 1.55. The lowest BCUT2D eigenvalue weighted by Crippen LogP contribution is -2.05. The summed E-state index contributed by atoms with van der Waals surface area (Å²) >= 11 is 0. The molecule has 1 aromatic rings. The van der Waals surface area contributed by atoms with E-state index in [1.807, 2.05) is 0 Å². The van der Waals surface area contributed by atoms with Crippen LogP contribution >= 0.6 is 0 Å². The Morgan fingerprint density at radius 2 is 2.14 bits per heavy atom. The number of aryl methyl sites for hydroxylation is 1. The number of ether oxygens (including phenoxy) is 1. The number of rotatable bonds is 4. The maximum absolute atomic E-state index is 13.0. The van der Waals surface area contributed by atoms with Gasteiger partial charge in [0.15, 0.2) is 0 Å². The van der Waals surface area contributed by atoms with Crippen molar-refractivity contribution in [3.8, 4) is 5.75 Å². The lowest BCUT2D eigenvalue weighted by atomic mass is 10.1. The van der Waals surface area contributed by atoms with E-state index >= 15 is 0 Å². The van der Waals surface area contributed by atoms with Gasteiger partial charge in [0.05, 0.1) is 13.7 Å². The molecule has 0 spiro atoms. The molecule has 0 radical (unpaired) electrons. The molecule has 0 saturated heterocycles. The Hall–Kier alpha value is -1.13. The van der Waals surface area contributed by atoms with Gasteiger partial charge in [0, 0.05) is 6.42 Å². The number of nitrogens with two attached hydrogens (primary N) is 1. The Bertz CT molecular complexity index is 315. The van der Waals surface area contributed by atoms with Crippen molar-refractivity contribution in [1.82, 2.24) is 0 Å². The fourth-order valence-electron chi connectivity index (χ4n) is 1.45. The highest BCUT2D eigenvalue weighted by atomic mass is 19.1. The Kier molecular flexibility index (Phi) is 3.85. The number of benzene rings is 1. The van der Waals surface area contributed by atoms with Gasteiger partial charge in [-0.25, -0.2) is 10.3 Å². The molecule has 0 fully saturated rings. The predicted octanol–water partition coefficient (Wildman–Crippen LogP) is 1.58. The maximum atomic E-state index is 13.0. The third-order valence-corrected chi connectivity index (χ3v) is 2.01. The van der Waals surface area contributed by atoms with Gasteiger partial charge in [0.1, 0.15) is 11.6 Å². The molecule has 0 aromatic heterocycles. The topological polar surface area (TPSA) is 44.5 Å². The normalized spacial score (nSPS) is 10.3. The number of hydrogen-bond donors (Lipinski definition) is 1. The number of methoxy groups -OCH3 is 1. The molecule has 0 heterocycles. The van der Waals surface area contributed by atoms with Crippen LogP contribution in [0.15, 0.2) is 12.1 Å². The first-order chi connectivity index (χ1) is 6.69. The molecular formula is C10H14FNO2. The minimum atomic E-state index is -0.268. The molecule has 0 unspecified atom stereocenters. The van der Waals surface area contributed by atoms with Crippen LogP contribution in [0, 0.1) is 12.7 Å². The molecule has 4 heteroatoms. The van der Waals surface area contributed by atoms with Gasteiger partial charge in [-0.15, -0.1) is 0 Å². The second kappa shape index (κ2) is 4.93. The number of hydrogen-bond acceptors (Lipinski definition) is 3. The van der Waals surface area contributed by atoms with Gasteiger partial charge in [0.25, 0.3) is 0 Å². The minimum absolute atomic E-state index is 0.268. The third-order valence-electron chi connectivity index (χ3n) is 2.01. The van der Waals surface area contributed by atoms with Crippen LogP contribution < -0.4 is 10.6 Å². The lowest BCUT2D eigenvalue weighted by Gasteiger charge is -2.10. The van der Waals surface area contributed by atoms with Crippen molar-refractivity contribution in [2.75, 3.05) is 13.7 Å². The maximum Gasteiger partial charge on any atom is 0.125 e. The summed E-state index contributed by atoms with van der Waals surface area (Å²) in [5.74, 6) is 5.34. The molecule has 0 aliphatic heterocycles. The highest BCUT2D eigenvalue weighted by molar-refractivity contribution is 5.41. The summed E-state index contributed by atoms with van der Waals surface area (Å²) in [6, 6.07) is 2.87. The van der Waals surface area contributed by atoms with Crippen LogP contribution in [0.1, 0.15) is 11.1 Å². The van der Waals surface area contributed by atoms with Crippen molar-refractivity contribution >= 4 is 0 Å². The van der Waals surface area contributed by atoms with E-state index in [0.29, 0.717) is 18.8 Å². The van der Waals surface area contributed by atoms with E-state index < -0.39 is 0 Å². The van der Waals surface area contributed by atoms with Gasteiger partial charge in [-0.2, -0.15) is 0 Å². The fraction of sp³-hybridized carbons (Fsp3) is 0.400. The van der Waals surface area contributed by atoms with Gasteiger partial charge >= 0.3 is 0 Å². The summed E-state index contributed by atoms with van der Waals surface area (Å²) in [4.78, 5) is 4.45. The summed E-state index contributed by atoms with van der Waals surface area (Å²) in [6.07, 6.45) is 0.540. The van der Waals surface area contributed by atoms with Gasteiger partial charge < -0.3 is 9.57 Å². The molecule has 3 nitrogen and oxygen atoms in total. The van der Waals surface area contributed by atoms with Crippen LogP contribution in [0.3, 0.4) is 0 Å². The van der Waals surface area contributed by atoms with Crippen LogP contribution in [0.25, 0.3) is 0 Å². The average Bonchev–Trinajstić information content (AvgIpc) is 2.14. The summed E-state index contributed by atoms with van der Waals surface area (Å²) in [6.45, 7) is 2.15. The molecule has 2 N–H and O–H groups in total. The van der Waals surface area contributed by atoms with Crippen LogP contribution in [-0.4, -0.2) is 13.7 Å². The Balaban J connectivity index is 2.99. The average molecular weight is 199 g/mol. The fourth-order valence-corrected chi connectivity index (χ4v) is 1.45. The zero-order valence-electron chi connectivity index (χ0n) is 8.34. The zero-order valence-corrected chi connectivity index (χ0v) is 8.34. The summed E-state index contributed by atoms with van der Waals surface area (Å²) in [5, 5.41) is 0. The van der Waals surface area contributed by atoms with Gasteiger partial charge in [0.2, 0.25) is 0 Å². The lowest BCUT2D eigenvalue weighted by molar-refractivity contribution is 0.140. The number of halogens is 1. The second-order valence-electron chi connectivity index (χ2n) is 3.04. The van der Waals surface area contributed by atoms with Crippen molar-refractivity contribution in [2.45, 2.75) is 13.3 Å².